The van der Waals surface area contributed by atoms with Gasteiger partial charge in [-0.2, -0.15) is 4.98 Å². The van der Waals surface area contributed by atoms with Gasteiger partial charge in [0.05, 0.1) is 10.2 Å². The minimum absolute atomic E-state index is 0.238. The molecule has 1 aliphatic rings. The van der Waals surface area contributed by atoms with Gasteiger partial charge < -0.3 is 15.0 Å². The second kappa shape index (κ2) is 6.13. The van der Waals surface area contributed by atoms with E-state index in [1.165, 1.54) is 0 Å². The lowest BCUT2D eigenvalue weighted by molar-refractivity contribution is 0.000843. The van der Waals surface area contributed by atoms with E-state index in [9.17, 15) is 4.79 Å². The van der Waals surface area contributed by atoms with Crippen LogP contribution in [0.1, 0.15) is 20.8 Å². The maximum absolute atomic E-state index is 11.9. The van der Waals surface area contributed by atoms with Gasteiger partial charge in [0.25, 0.3) is 0 Å². The highest BCUT2D eigenvalue weighted by Crippen LogP contribution is 2.28. The Kier molecular flexibility index (Phi) is 4.33. The Bertz CT molecular complexity index is 722. The molecule has 2 aromatic rings. The van der Waals surface area contributed by atoms with E-state index < -0.39 is 5.60 Å². The molecule has 2 aromatic heterocycles. The van der Waals surface area contributed by atoms with Crippen molar-refractivity contribution in [3.05, 3.63) is 16.7 Å². The van der Waals surface area contributed by atoms with Crippen molar-refractivity contribution in [2.24, 2.45) is 5.92 Å². The molecular weight excluding hydrogens is 336 g/mol. The number of likely N-dealkylation sites (tertiary alicyclic amines) is 1. The van der Waals surface area contributed by atoms with Crippen LogP contribution in [0.4, 0.5) is 10.6 Å². The normalized spacial score (nSPS) is 15.6. The number of rotatable bonds is 3. The average molecular weight is 355 g/mol. The van der Waals surface area contributed by atoms with Gasteiger partial charge in [-0.1, -0.05) is 0 Å². The number of amides is 1. The summed E-state index contributed by atoms with van der Waals surface area (Å²) in [6.07, 6.45) is -0.250. The molecule has 23 heavy (non-hydrogen) atoms. The Morgan fingerprint density at radius 3 is 2.91 bits per heavy atom. The van der Waals surface area contributed by atoms with Gasteiger partial charge in [0.2, 0.25) is 5.28 Å². The minimum Gasteiger partial charge on any atom is -0.444 e. The third-order valence-electron chi connectivity index (χ3n) is 3.44. The summed E-state index contributed by atoms with van der Waals surface area (Å²) in [6, 6.07) is 1.92. The minimum atomic E-state index is -0.455. The number of ether oxygens (including phenoxy) is 1. The summed E-state index contributed by atoms with van der Waals surface area (Å²) in [5.41, 5.74) is 0.393. The molecule has 8 heteroatoms. The van der Waals surface area contributed by atoms with Crippen molar-refractivity contribution in [1.29, 1.82) is 0 Å². The van der Waals surface area contributed by atoms with E-state index in [0.29, 0.717) is 19.0 Å². The first-order chi connectivity index (χ1) is 10.8. The van der Waals surface area contributed by atoms with Crippen LogP contribution in [0.2, 0.25) is 5.28 Å². The molecule has 3 heterocycles. The predicted octanol–water partition coefficient (Wildman–Crippen LogP) is 3.62. The third-order valence-corrected chi connectivity index (χ3v) is 4.52. The number of hydrogen-bond acceptors (Lipinski definition) is 6. The summed E-state index contributed by atoms with van der Waals surface area (Å²) < 4.78 is 6.34. The smallest absolute Gasteiger partial charge is 0.410 e. The highest BCUT2D eigenvalue weighted by Gasteiger charge is 2.33. The van der Waals surface area contributed by atoms with Crippen LogP contribution < -0.4 is 5.32 Å². The zero-order valence-electron chi connectivity index (χ0n) is 13.3. The molecule has 6 nitrogen and oxygen atoms in total. The highest BCUT2D eigenvalue weighted by atomic mass is 35.5. The molecule has 3 rings (SSSR count). The fourth-order valence-corrected chi connectivity index (χ4v) is 3.34. The number of carbonyl (C=O) groups is 1. The molecule has 0 spiro atoms. The molecule has 1 saturated heterocycles. The summed E-state index contributed by atoms with van der Waals surface area (Å²) >= 11 is 7.52. The van der Waals surface area contributed by atoms with Gasteiger partial charge in [-0.3, -0.25) is 0 Å². The summed E-state index contributed by atoms with van der Waals surface area (Å²) in [5, 5.41) is 5.53. The van der Waals surface area contributed by atoms with E-state index in [4.69, 9.17) is 16.3 Å². The second-order valence-corrected chi connectivity index (χ2v) is 7.86. The number of nitrogens with one attached hydrogen (secondary N) is 1. The van der Waals surface area contributed by atoms with Crippen LogP contribution in [0.3, 0.4) is 0 Å². The summed E-state index contributed by atoms with van der Waals surface area (Å²) in [5.74, 6) is 1.14. The molecule has 0 radical (unpaired) electrons. The number of nitrogens with zero attached hydrogens (tertiary/aromatic N) is 3. The van der Waals surface area contributed by atoms with E-state index in [-0.39, 0.29) is 11.4 Å². The van der Waals surface area contributed by atoms with Gasteiger partial charge >= 0.3 is 6.09 Å². The van der Waals surface area contributed by atoms with Crippen molar-refractivity contribution < 1.29 is 9.53 Å². The molecule has 1 aliphatic heterocycles. The van der Waals surface area contributed by atoms with Crippen LogP contribution >= 0.6 is 22.9 Å². The molecule has 0 aliphatic carbocycles. The lowest BCUT2D eigenvalue weighted by Crippen LogP contribution is -2.53. The Hall–Kier alpha value is -1.60. The van der Waals surface area contributed by atoms with E-state index in [1.54, 1.807) is 16.2 Å². The van der Waals surface area contributed by atoms with Crippen LogP contribution in [-0.4, -0.2) is 46.2 Å². The Morgan fingerprint density at radius 2 is 2.22 bits per heavy atom. The van der Waals surface area contributed by atoms with Crippen LogP contribution in [0.25, 0.3) is 10.2 Å². The standard InChI is InChI=1S/C15H19ClN4O2S/c1-15(2,3)22-14(21)20-7-9(8-20)6-17-12-11-10(4-5-23-11)18-13(16)19-12/h4-5,9H,6-8H2,1-3H3,(H,17,18,19). The van der Waals surface area contributed by atoms with Gasteiger partial charge in [-0.15, -0.1) is 11.3 Å². The zero-order chi connectivity index (χ0) is 16.6. The van der Waals surface area contributed by atoms with Crippen LogP contribution in [0.15, 0.2) is 11.4 Å². The number of halogens is 1. The van der Waals surface area contributed by atoms with Crippen molar-refractivity contribution >= 4 is 45.1 Å². The largest absolute Gasteiger partial charge is 0.444 e. The maximum Gasteiger partial charge on any atom is 0.410 e. The van der Waals surface area contributed by atoms with Crippen molar-refractivity contribution in [2.75, 3.05) is 25.0 Å². The molecule has 0 bridgehead atoms. The number of thiophene rings is 1. The van der Waals surface area contributed by atoms with Crippen molar-refractivity contribution in [1.82, 2.24) is 14.9 Å². The third kappa shape index (κ3) is 3.84. The van der Waals surface area contributed by atoms with E-state index in [0.717, 1.165) is 22.6 Å². The Morgan fingerprint density at radius 1 is 1.48 bits per heavy atom. The lowest BCUT2D eigenvalue weighted by Gasteiger charge is -2.39. The van der Waals surface area contributed by atoms with Gasteiger partial charge in [0.1, 0.15) is 11.4 Å². The van der Waals surface area contributed by atoms with Gasteiger partial charge in [0, 0.05) is 25.6 Å². The molecule has 0 atom stereocenters. The Labute approximate surface area is 143 Å². The van der Waals surface area contributed by atoms with Crippen LogP contribution in [0.5, 0.6) is 0 Å². The quantitative estimate of drug-likeness (QED) is 0.852. The molecule has 0 saturated carbocycles. The first kappa shape index (κ1) is 16.3. The first-order valence-electron chi connectivity index (χ1n) is 7.44. The monoisotopic (exact) mass is 354 g/mol. The van der Waals surface area contributed by atoms with Crippen molar-refractivity contribution in [2.45, 2.75) is 26.4 Å². The number of anilines is 1. The SMILES string of the molecule is CC(C)(C)OC(=O)N1CC(CNc2nc(Cl)nc3ccsc23)C1. The fourth-order valence-electron chi connectivity index (χ4n) is 2.37. The van der Waals surface area contributed by atoms with Gasteiger partial charge in [-0.25, -0.2) is 9.78 Å². The number of carbonyl (C=O) groups excluding carboxylic acids is 1. The zero-order valence-corrected chi connectivity index (χ0v) is 14.9. The molecule has 0 aromatic carbocycles. The maximum atomic E-state index is 11.9. The Balaban J connectivity index is 1.53. The summed E-state index contributed by atoms with van der Waals surface area (Å²) in [6.45, 7) is 7.72. The summed E-state index contributed by atoms with van der Waals surface area (Å²) in [4.78, 5) is 22.0. The fraction of sp³-hybridized carbons (Fsp3) is 0.533. The molecular formula is C15H19ClN4O2S. The lowest BCUT2D eigenvalue weighted by atomic mass is 10.0. The second-order valence-electron chi connectivity index (χ2n) is 6.61. The topological polar surface area (TPSA) is 67.3 Å². The average Bonchev–Trinajstić information content (AvgIpc) is 2.82. The number of fused-ring (bicyclic) bond motifs is 1. The van der Waals surface area contributed by atoms with E-state index in [1.807, 2.05) is 32.2 Å². The molecule has 1 fully saturated rings. The summed E-state index contributed by atoms with van der Waals surface area (Å²) in [7, 11) is 0. The highest BCUT2D eigenvalue weighted by molar-refractivity contribution is 7.17. The molecule has 0 unspecified atom stereocenters. The van der Waals surface area contributed by atoms with E-state index >= 15 is 0 Å². The van der Waals surface area contributed by atoms with E-state index in [2.05, 4.69) is 15.3 Å². The molecule has 1 amide bonds. The van der Waals surface area contributed by atoms with Crippen molar-refractivity contribution in [3.8, 4) is 0 Å². The predicted molar refractivity (Wildman–Crippen MR) is 92.2 cm³/mol. The number of hydrogen-bond donors (Lipinski definition) is 1. The number of aromatic nitrogens is 2. The van der Waals surface area contributed by atoms with Gasteiger partial charge in [-0.05, 0) is 43.8 Å². The first-order valence-corrected chi connectivity index (χ1v) is 8.70. The van der Waals surface area contributed by atoms with Crippen LogP contribution in [-0.2, 0) is 4.74 Å². The van der Waals surface area contributed by atoms with Gasteiger partial charge in [0.15, 0.2) is 0 Å². The van der Waals surface area contributed by atoms with Crippen molar-refractivity contribution in [3.63, 3.8) is 0 Å². The molecule has 124 valence electrons. The van der Waals surface area contributed by atoms with Crippen LogP contribution in [0, 0.1) is 5.92 Å². The molecule has 1 N–H and O–H groups in total.